The van der Waals surface area contributed by atoms with E-state index in [1.165, 1.54) is 33.5 Å². The van der Waals surface area contributed by atoms with Gasteiger partial charge >= 0.3 is 0 Å². The summed E-state index contributed by atoms with van der Waals surface area (Å²) < 4.78 is 0. The van der Waals surface area contributed by atoms with Crippen molar-refractivity contribution in [2.45, 2.75) is 39.8 Å². The zero-order chi connectivity index (χ0) is 15.0. The van der Waals surface area contributed by atoms with Crippen LogP contribution in [0.15, 0.2) is 36.4 Å². The molecule has 0 aliphatic carbocycles. The highest BCUT2D eigenvalue weighted by Gasteiger charge is 2.19. The summed E-state index contributed by atoms with van der Waals surface area (Å²) in [4.78, 5) is 2.48. The third-order valence-electron chi connectivity index (χ3n) is 4.57. The van der Waals surface area contributed by atoms with E-state index in [1.807, 2.05) is 6.92 Å². The molecule has 0 aromatic heterocycles. The highest BCUT2D eigenvalue weighted by atomic mass is 15.1. The topological polar surface area (TPSA) is 29.3 Å². The maximum atomic E-state index is 5.98. The van der Waals surface area contributed by atoms with Crippen LogP contribution in [0.4, 0.5) is 5.69 Å². The number of nitrogens with two attached hydrogens (primary N) is 1. The van der Waals surface area contributed by atoms with Gasteiger partial charge in [0.2, 0.25) is 0 Å². The van der Waals surface area contributed by atoms with Crippen molar-refractivity contribution in [3.05, 3.63) is 64.2 Å². The molecule has 2 N–H and O–H groups in total. The summed E-state index contributed by atoms with van der Waals surface area (Å²) in [6.07, 6.45) is 1.13. The molecule has 1 atom stereocenters. The number of anilines is 1. The predicted octanol–water partition coefficient (Wildman–Crippen LogP) is 3.89. The van der Waals surface area contributed by atoms with Crippen LogP contribution in [0.2, 0.25) is 0 Å². The van der Waals surface area contributed by atoms with Crippen LogP contribution in [-0.2, 0) is 13.0 Å². The lowest BCUT2D eigenvalue weighted by atomic mass is 10.0. The van der Waals surface area contributed by atoms with Gasteiger partial charge < -0.3 is 10.6 Å². The zero-order valence-electron chi connectivity index (χ0n) is 13.2. The molecule has 0 saturated heterocycles. The quantitative estimate of drug-likeness (QED) is 0.924. The third-order valence-corrected chi connectivity index (χ3v) is 4.57. The molecule has 0 saturated carbocycles. The maximum absolute atomic E-state index is 5.98. The van der Waals surface area contributed by atoms with Crippen molar-refractivity contribution < 1.29 is 0 Å². The molecule has 0 bridgehead atoms. The fourth-order valence-corrected chi connectivity index (χ4v) is 3.06. The summed E-state index contributed by atoms with van der Waals surface area (Å²) in [7, 11) is 0. The molecular weight excluding hydrogens is 256 g/mol. The molecule has 21 heavy (non-hydrogen) atoms. The van der Waals surface area contributed by atoms with Crippen LogP contribution in [0.5, 0.6) is 0 Å². The van der Waals surface area contributed by atoms with Crippen LogP contribution >= 0.6 is 0 Å². The molecule has 2 aromatic carbocycles. The second kappa shape index (κ2) is 5.53. The summed E-state index contributed by atoms with van der Waals surface area (Å²) in [5.41, 5.74) is 14.2. The first-order valence-electron chi connectivity index (χ1n) is 7.74. The number of rotatable bonds is 3. The molecular formula is C19H24N2. The van der Waals surface area contributed by atoms with Crippen LogP contribution in [0.25, 0.3) is 0 Å². The molecule has 2 heteroatoms. The Balaban J connectivity index is 1.82. The van der Waals surface area contributed by atoms with Crippen LogP contribution in [0, 0.1) is 13.8 Å². The highest BCUT2D eigenvalue weighted by Crippen LogP contribution is 2.31. The van der Waals surface area contributed by atoms with Gasteiger partial charge in [-0.25, -0.2) is 0 Å². The van der Waals surface area contributed by atoms with Gasteiger partial charge in [-0.2, -0.15) is 0 Å². The number of aryl methyl sites for hydroxylation is 2. The first kappa shape index (κ1) is 14.2. The first-order chi connectivity index (χ1) is 10.0. The number of benzene rings is 2. The minimum absolute atomic E-state index is 0.115. The van der Waals surface area contributed by atoms with Gasteiger partial charge in [0.1, 0.15) is 0 Å². The Morgan fingerprint density at radius 2 is 1.90 bits per heavy atom. The van der Waals surface area contributed by atoms with Crippen molar-refractivity contribution in [1.82, 2.24) is 0 Å². The van der Waals surface area contributed by atoms with Crippen LogP contribution in [0.1, 0.15) is 40.8 Å². The zero-order valence-corrected chi connectivity index (χ0v) is 13.2. The van der Waals surface area contributed by atoms with E-state index in [0.717, 1.165) is 19.5 Å². The van der Waals surface area contributed by atoms with E-state index >= 15 is 0 Å². The molecule has 110 valence electrons. The number of hydrogen-bond donors (Lipinski definition) is 1. The van der Waals surface area contributed by atoms with Gasteiger partial charge in [0.15, 0.2) is 0 Å². The second-order valence-electron chi connectivity index (χ2n) is 6.27. The average molecular weight is 280 g/mol. The fourth-order valence-electron chi connectivity index (χ4n) is 3.06. The van der Waals surface area contributed by atoms with Gasteiger partial charge in [0, 0.05) is 24.8 Å². The summed E-state index contributed by atoms with van der Waals surface area (Å²) in [6.45, 7) is 8.49. The Bertz CT molecular complexity index is 659. The van der Waals surface area contributed by atoms with Crippen molar-refractivity contribution in [3.8, 4) is 0 Å². The van der Waals surface area contributed by atoms with Gasteiger partial charge in [-0.1, -0.05) is 30.3 Å². The fraction of sp³-hybridized carbons (Fsp3) is 0.368. The van der Waals surface area contributed by atoms with Gasteiger partial charge in [-0.15, -0.1) is 0 Å². The smallest absolute Gasteiger partial charge is 0.0429 e. The third kappa shape index (κ3) is 2.81. The maximum Gasteiger partial charge on any atom is 0.0429 e. The second-order valence-corrected chi connectivity index (χ2v) is 6.27. The van der Waals surface area contributed by atoms with Crippen molar-refractivity contribution in [2.75, 3.05) is 11.4 Å². The molecule has 3 rings (SSSR count). The van der Waals surface area contributed by atoms with Gasteiger partial charge in [0.25, 0.3) is 0 Å². The summed E-state index contributed by atoms with van der Waals surface area (Å²) in [5, 5.41) is 0. The van der Waals surface area contributed by atoms with E-state index < -0.39 is 0 Å². The Kier molecular flexibility index (Phi) is 3.73. The van der Waals surface area contributed by atoms with E-state index in [2.05, 4.69) is 55.1 Å². The summed E-state index contributed by atoms with van der Waals surface area (Å²) in [5.74, 6) is 0. The lowest BCUT2D eigenvalue weighted by Gasteiger charge is -2.20. The van der Waals surface area contributed by atoms with Crippen molar-refractivity contribution in [3.63, 3.8) is 0 Å². The Labute approximate surface area is 127 Å². The molecule has 1 unspecified atom stereocenters. The van der Waals surface area contributed by atoms with Gasteiger partial charge in [-0.05, 0) is 61.1 Å². The molecule has 0 amide bonds. The molecule has 2 aromatic rings. The van der Waals surface area contributed by atoms with E-state index in [0.29, 0.717) is 0 Å². The minimum Gasteiger partial charge on any atom is -0.367 e. The summed E-state index contributed by atoms with van der Waals surface area (Å²) >= 11 is 0. The molecule has 1 heterocycles. The minimum atomic E-state index is 0.115. The molecule has 0 radical (unpaired) electrons. The largest absolute Gasteiger partial charge is 0.367 e. The normalized spacial score (nSPS) is 15.1. The standard InChI is InChI=1S/C19H24N2/c1-13-4-5-16(10-14(13)2)12-21-9-8-18-11-17(15(3)20)6-7-19(18)21/h4-7,10-11,15H,8-9,12,20H2,1-3H3. The Hall–Kier alpha value is -1.80. The lowest BCUT2D eigenvalue weighted by molar-refractivity contribution is 0.816. The first-order valence-corrected chi connectivity index (χ1v) is 7.74. The van der Waals surface area contributed by atoms with Gasteiger partial charge in [0.05, 0.1) is 0 Å². The van der Waals surface area contributed by atoms with E-state index in [1.54, 1.807) is 0 Å². The Morgan fingerprint density at radius 3 is 2.62 bits per heavy atom. The van der Waals surface area contributed by atoms with E-state index in [9.17, 15) is 0 Å². The molecule has 0 spiro atoms. The lowest BCUT2D eigenvalue weighted by Crippen LogP contribution is -2.19. The van der Waals surface area contributed by atoms with Crippen LogP contribution < -0.4 is 10.6 Å². The number of fused-ring (bicyclic) bond motifs is 1. The van der Waals surface area contributed by atoms with Crippen molar-refractivity contribution >= 4 is 5.69 Å². The van der Waals surface area contributed by atoms with Gasteiger partial charge in [-0.3, -0.25) is 0 Å². The molecule has 2 nitrogen and oxygen atoms in total. The number of nitrogens with zero attached hydrogens (tertiary/aromatic N) is 1. The monoisotopic (exact) mass is 280 g/mol. The molecule has 1 aliphatic rings. The van der Waals surface area contributed by atoms with E-state index in [4.69, 9.17) is 5.73 Å². The number of hydrogen-bond acceptors (Lipinski definition) is 2. The van der Waals surface area contributed by atoms with E-state index in [-0.39, 0.29) is 6.04 Å². The van der Waals surface area contributed by atoms with Crippen LogP contribution in [-0.4, -0.2) is 6.54 Å². The highest BCUT2D eigenvalue weighted by molar-refractivity contribution is 5.59. The molecule has 0 fully saturated rings. The Morgan fingerprint density at radius 1 is 1.10 bits per heavy atom. The molecule has 1 aliphatic heterocycles. The summed E-state index contributed by atoms with van der Waals surface area (Å²) in [6, 6.07) is 13.6. The SMILES string of the molecule is Cc1ccc(CN2CCc3cc(C(C)N)ccc32)cc1C. The van der Waals surface area contributed by atoms with Crippen molar-refractivity contribution in [1.29, 1.82) is 0 Å². The predicted molar refractivity (Wildman–Crippen MR) is 89.7 cm³/mol. The van der Waals surface area contributed by atoms with Crippen molar-refractivity contribution in [2.24, 2.45) is 5.73 Å². The average Bonchev–Trinajstić information content (AvgIpc) is 2.85. The van der Waals surface area contributed by atoms with Crippen LogP contribution in [0.3, 0.4) is 0 Å².